The number of nitrogens with one attached hydrogen (secondary N) is 1. The van der Waals surface area contributed by atoms with Crippen molar-refractivity contribution < 1.29 is 9.53 Å². The Kier molecular flexibility index (Phi) is 6.65. The Hall–Kier alpha value is -1.82. The maximum Gasteiger partial charge on any atom is 0.323 e. The molecule has 0 radical (unpaired) electrons. The number of aromatic nitrogens is 1. The third kappa shape index (κ3) is 4.34. The molecule has 0 aliphatic carbocycles. The van der Waals surface area contributed by atoms with Crippen molar-refractivity contribution >= 4 is 17.5 Å². The SMILES string of the molecule is CCNc1cccnc1N1CCN(C(CC)C(=O)OCC)CC1. The van der Waals surface area contributed by atoms with Crippen LogP contribution in [-0.4, -0.2) is 61.2 Å². The number of piperazine rings is 1. The molecule has 2 rings (SSSR count). The lowest BCUT2D eigenvalue weighted by molar-refractivity contribution is -0.149. The van der Waals surface area contributed by atoms with Gasteiger partial charge in [-0.05, 0) is 32.4 Å². The van der Waals surface area contributed by atoms with Crippen LogP contribution in [0.5, 0.6) is 0 Å². The number of anilines is 2. The predicted octanol–water partition coefficient (Wildman–Crippen LogP) is 1.98. The first-order valence-corrected chi connectivity index (χ1v) is 8.55. The molecule has 0 bridgehead atoms. The molecule has 6 nitrogen and oxygen atoms in total. The van der Waals surface area contributed by atoms with Crippen LogP contribution in [0.15, 0.2) is 18.3 Å². The summed E-state index contributed by atoms with van der Waals surface area (Å²) in [5, 5.41) is 3.36. The van der Waals surface area contributed by atoms with Gasteiger partial charge in [0, 0.05) is 38.9 Å². The number of ether oxygens (including phenoxy) is 1. The molecular formula is C17H28N4O2. The smallest absolute Gasteiger partial charge is 0.323 e. The van der Waals surface area contributed by atoms with E-state index in [9.17, 15) is 4.79 Å². The fourth-order valence-electron chi connectivity index (χ4n) is 3.04. The average Bonchev–Trinajstić information content (AvgIpc) is 2.57. The standard InChI is InChI=1S/C17H28N4O2/c1-4-15(17(22)23-6-3)20-10-12-21(13-11-20)16-14(18-5-2)8-7-9-19-16/h7-9,15,18H,4-6,10-13H2,1-3H3. The van der Waals surface area contributed by atoms with Crippen LogP contribution in [0, 0.1) is 0 Å². The van der Waals surface area contributed by atoms with Crippen molar-refractivity contribution in [1.29, 1.82) is 0 Å². The summed E-state index contributed by atoms with van der Waals surface area (Å²) in [4.78, 5) is 21.1. The summed E-state index contributed by atoms with van der Waals surface area (Å²) in [6, 6.07) is 3.88. The summed E-state index contributed by atoms with van der Waals surface area (Å²) >= 11 is 0. The van der Waals surface area contributed by atoms with Crippen molar-refractivity contribution in [1.82, 2.24) is 9.88 Å². The molecule has 1 aromatic rings. The van der Waals surface area contributed by atoms with Gasteiger partial charge in [-0.1, -0.05) is 6.92 Å². The summed E-state index contributed by atoms with van der Waals surface area (Å²) in [5.41, 5.74) is 1.07. The molecule has 1 aliphatic heterocycles. The summed E-state index contributed by atoms with van der Waals surface area (Å²) < 4.78 is 5.19. The molecule has 128 valence electrons. The van der Waals surface area contributed by atoms with E-state index in [-0.39, 0.29) is 12.0 Å². The largest absolute Gasteiger partial charge is 0.465 e. The second-order valence-corrected chi connectivity index (χ2v) is 5.60. The Balaban J connectivity index is 1.99. The van der Waals surface area contributed by atoms with Gasteiger partial charge in [-0.25, -0.2) is 4.98 Å². The minimum absolute atomic E-state index is 0.102. The maximum absolute atomic E-state index is 12.1. The second kappa shape index (κ2) is 8.72. The zero-order chi connectivity index (χ0) is 16.7. The fourth-order valence-corrected chi connectivity index (χ4v) is 3.04. The van der Waals surface area contributed by atoms with Crippen molar-refractivity contribution in [2.24, 2.45) is 0 Å². The van der Waals surface area contributed by atoms with Crippen molar-refractivity contribution in [2.75, 3.05) is 49.5 Å². The number of hydrogen-bond acceptors (Lipinski definition) is 6. The van der Waals surface area contributed by atoms with Crippen molar-refractivity contribution in [3.8, 4) is 0 Å². The minimum Gasteiger partial charge on any atom is -0.465 e. The third-order valence-electron chi connectivity index (χ3n) is 4.15. The summed E-state index contributed by atoms with van der Waals surface area (Å²) in [5.74, 6) is 0.896. The van der Waals surface area contributed by atoms with Crippen LogP contribution in [-0.2, 0) is 9.53 Å². The number of hydrogen-bond donors (Lipinski definition) is 1. The summed E-state index contributed by atoms with van der Waals surface area (Å²) in [6.45, 7) is 10.7. The van der Waals surface area contributed by atoms with Gasteiger partial charge in [0.25, 0.3) is 0 Å². The lowest BCUT2D eigenvalue weighted by Crippen LogP contribution is -2.53. The molecule has 0 aromatic carbocycles. The number of carbonyl (C=O) groups is 1. The zero-order valence-corrected chi connectivity index (χ0v) is 14.4. The molecule has 0 amide bonds. The van der Waals surface area contributed by atoms with E-state index in [4.69, 9.17) is 4.74 Å². The zero-order valence-electron chi connectivity index (χ0n) is 14.4. The van der Waals surface area contributed by atoms with E-state index in [0.29, 0.717) is 6.61 Å². The first-order chi connectivity index (χ1) is 11.2. The van der Waals surface area contributed by atoms with Gasteiger partial charge in [-0.2, -0.15) is 0 Å². The van der Waals surface area contributed by atoms with Crippen molar-refractivity contribution in [2.45, 2.75) is 33.2 Å². The lowest BCUT2D eigenvalue weighted by Gasteiger charge is -2.39. The van der Waals surface area contributed by atoms with E-state index in [1.54, 1.807) is 0 Å². The van der Waals surface area contributed by atoms with Gasteiger partial charge in [-0.15, -0.1) is 0 Å². The molecular weight excluding hydrogens is 292 g/mol. The fraction of sp³-hybridized carbons (Fsp3) is 0.647. The van der Waals surface area contributed by atoms with Crippen LogP contribution >= 0.6 is 0 Å². The highest BCUT2D eigenvalue weighted by atomic mass is 16.5. The molecule has 0 saturated carbocycles. The Labute approximate surface area is 138 Å². The van der Waals surface area contributed by atoms with Crippen LogP contribution in [0.1, 0.15) is 27.2 Å². The number of nitrogens with zero attached hydrogens (tertiary/aromatic N) is 3. The van der Waals surface area contributed by atoms with E-state index in [2.05, 4.69) is 33.1 Å². The van der Waals surface area contributed by atoms with E-state index in [0.717, 1.165) is 50.6 Å². The van der Waals surface area contributed by atoms with Gasteiger partial charge >= 0.3 is 5.97 Å². The Morgan fingerprint density at radius 3 is 2.65 bits per heavy atom. The number of esters is 1. The summed E-state index contributed by atoms with van der Waals surface area (Å²) in [7, 11) is 0. The molecule has 23 heavy (non-hydrogen) atoms. The van der Waals surface area contributed by atoms with E-state index in [1.807, 2.05) is 26.1 Å². The van der Waals surface area contributed by atoms with Crippen LogP contribution in [0.3, 0.4) is 0 Å². The molecule has 1 aromatic heterocycles. The molecule has 1 fully saturated rings. The maximum atomic E-state index is 12.1. The predicted molar refractivity (Wildman–Crippen MR) is 92.9 cm³/mol. The van der Waals surface area contributed by atoms with Crippen LogP contribution in [0.2, 0.25) is 0 Å². The first kappa shape index (κ1) is 17.5. The van der Waals surface area contributed by atoms with E-state index >= 15 is 0 Å². The molecule has 2 heterocycles. The monoisotopic (exact) mass is 320 g/mol. The topological polar surface area (TPSA) is 57.7 Å². The summed E-state index contributed by atoms with van der Waals surface area (Å²) in [6.07, 6.45) is 2.61. The van der Waals surface area contributed by atoms with Crippen molar-refractivity contribution in [3.63, 3.8) is 0 Å². The van der Waals surface area contributed by atoms with Crippen LogP contribution < -0.4 is 10.2 Å². The Bertz CT molecular complexity index is 501. The normalized spacial score (nSPS) is 16.9. The molecule has 1 N–H and O–H groups in total. The highest BCUT2D eigenvalue weighted by Crippen LogP contribution is 2.24. The van der Waals surface area contributed by atoms with Gasteiger partial charge in [0.15, 0.2) is 5.82 Å². The molecule has 6 heteroatoms. The molecule has 1 unspecified atom stereocenters. The highest BCUT2D eigenvalue weighted by Gasteiger charge is 2.29. The van der Waals surface area contributed by atoms with Gasteiger partial charge in [0.2, 0.25) is 0 Å². The molecule has 0 spiro atoms. The number of pyridine rings is 1. The van der Waals surface area contributed by atoms with Gasteiger partial charge < -0.3 is 15.0 Å². The number of rotatable bonds is 7. The quantitative estimate of drug-likeness (QED) is 0.775. The minimum atomic E-state index is -0.130. The number of carbonyl (C=O) groups excluding carboxylic acids is 1. The van der Waals surface area contributed by atoms with Gasteiger partial charge in [-0.3, -0.25) is 9.69 Å². The molecule has 1 aliphatic rings. The lowest BCUT2D eigenvalue weighted by atomic mass is 10.1. The van der Waals surface area contributed by atoms with E-state index < -0.39 is 0 Å². The first-order valence-electron chi connectivity index (χ1n) is 8.55. The third-order valence-corrected chi connectivity index (χ3v) is 4.15. The van der Waals surface area contributed by atoms with Crippen molar-refractivity contribution in [3.05, 3.63) is 18.3 Å². The van der Waals surface area contributed by atoms with Gasteiger partial charge in [0.05, 0.1) is 12.3 Å². The Morgan fingerprint density at radius 2 is 2.04 bits per heavy atom. The van der Waals surface area contributed by atoms with Crippen LogP contribution in [0.4, 0.5) is 11.5 Å². The highest BCUT2D eigenvalue weighted by molar-refractivity contribution is 5.75. The van der Waals surface area contributed by atoms with Crippen LogP contribution in [0.25, 0.3) is 0 Å². The second-order valence-electron chi connectivity index (χ2n) is 5.60. The Morgan fingerprint density at radius 1 is 1.30 bits per heavy atom. The van der Waals surface area contributed by atoms with E-state index in [1.165, 1.54) is 0 Å². The average molecular weight is 320 g/mol. The molecule has 1 atom stereocenters. The molecule has 1 saturated heterocycles. The van der Waals surface area contributed by atoms with Gasteiger partial charge in [0.1, 0.15) is 6.04 Å².